The van der Waals surface area contributed by atoms with Gasteiger partial charge in [-0.2, -0.15) is 0 Å². The lowest BCUT2D eigenvalue weighted by molar-refractivity contribution is 1.07. The molecule has 0 radical (unpaired) electrons. The minimum absolute atomic E-state index is 0.258. The lowest BCUT2D eigenvalue weighted by Crippen LogP contribution is -1.94. The van der Waals surface area contributed by atoms with Crippen LogP contribution in [0.25, 0.3) is 0 Å². The summed E-state index contributed by atoms with van der Waals surface area (Å²) in [7, 11) is 0. The van der Waals surface area contributed by atoms with Crippen molar-refractivity contribution in [2.75, 3.05) is 12.0 Å². The molecule has 0 saturated heterocycles. The first-order chi connectivity index (χ1) is 4.74. The Morgan fingerprint density at radius 1 is 1.70 bits per heavy atom. The smallest absolute Gasteiger partial charge is 0.221 e. The lowest BCUT2D eigenvalue weighted by atomic mass is 10.7. The van der Waals surface area contributed by atoms with Gasteiger partial charge in [0.25, 0.3) is 0 Å². The Balaban J connectivity index is 3.09. The van der Waals surface area contributed by atoms with Crippen molar-refractivity contribution in [1.29, 1.82) is 0 Å². The second-order valence-electron chi connectivity index (χ2n) is 1.59. The van der Waals surface area contributed by atoms with Crippen molar-refractivity contribution in [2.45, 2.75) is 5.03 Å². The number of nitrogen functional groups attached to an aromatic ring is 1. The number of hydrogen-bond donors (Lipinski definition) is 1. The van der Waals surface area contributed by atoms with E-state index in [1.165, 1.54) is 18.0 Å². The number of rotatable bonds is 1. The van der Waals surface area contributed by atoms with Gasteiger partial charge in [-0.3, -0.25) is 0 Å². The number of halogens is 1. The van der Waals surface area contributed by atoms with E-state index in [4.69, 9.17) is 17.3 Å². The molecule has 1 heterocycles. The van der Waals surface area contributed by atoms with E-state index in [0.29, 0.717) is 10.0 Å². The first-order valence-electron chi connectivity index (χ1n) is 2.56. The summed E-state index contributed by atoms with van der Waals surface area (Å²) in [4.78, 5) is 7.60. The zero-order valence-corrected chi connectivity index (χ0v) is 6.91. The lowest BCUT2D eigenvalue weighted by Gasteiger charge is -1.97. The van der Waals surface area contributed by atoms with Gasteiger partial charge in [-0.25, -0.2) is 9.97 Å². The summed E-state index contributed by atoms with van der Waals surface area (Å²) in [5.41, 5.74) is 5.31. The average molecular weight is 176 g/mol. The van der Waals surface area contributed by atoms with Gasteiger partial charge in [-0.1, -0.05) is 11.6 Å². The fraction of sp³-hybridized carbons (Fsp3) is 0.200. The van der Waals surface area contributed by atoms with Crippen molar-refractivity contribution in [3.05, 3.63) is 11.2 Å². The van der Waals surface area contributed by atoms with Crippen molar-refractivity contribution in [2.24, 2.45) is 0 Å². The van der Waals surface area contributed by atoms with Crippen LogP contribution in [0, 0.1) is 0 Å². The molecule has 1 aromatic rings. The number of anilines is 1. The third-order valence-corrected chi connectivity index (χ3v) is 2.01. The van der Waals surface area contributed by atoms with Gasteiger partial charge < -0.3 is 5.73 Å². The standard InChI is InChI=1S/C5H6ClN3S/c1-10-4-3(6)2-8-5(7)9-4/h2H,1H3,(H2,7,8,9). The summed E-state index contributed by atoms with van der Waals surface area (Å²) >= 11 is 7.14. The molecular formula is C5H6ClN3S. The zero-order chi connectivity index (χ0) is 7.56. The van der Waals surface area contributed by atoms with Crippen molar-refractivity contribution in [3.8, 4) is 0 Å². The van der Waals surface area contributed by atoms with Crippen LogP contribution in [-0.2, 0) is 0 Å². The number of nitrogens with two attached hydrogens (primary N) is 1. The third kappa shape index (κ3) is 1.52. The molecule has 10 heavy (non-hydrogen) atoms. The van der Waals surface area contributed by atoms with E-state index in [1.807, 2.05) is 6.26 Å². The molecule has 0 aliphatic rings. The SMILES string of the molecule is CSc1nc(N)ncc1Cl. The summed E-state index contributed by atoms with van der Waals surface area (Å²) in [6.07, 6.45) is 3.38. The molecular weight excluding hydrogens is 170 g/mol. The van der Waals surface area contributed by atoms with Gasteiger partial charge in [0.2, 0.25) is 5.95 Å². The molecule has 1 rings (SSSR count). The Morgan fingerprint density at radius 3 is 2.90 bits per heavy atom. The monoisotopic (exact) mass is 175 g/mol. The highest BCUT2D eigenvalue weighted by Gasteiger charge is 1.99. The van der Waals surface area contributed by atoms with Gasteiger partial charge in [0.1, 0.15) is 5.03 Å². The van der Waals surface area contributed by atoms with Crippen molar-refractivity contribution in [3.63, 3.8) is 0 Å². The summed E-state index contributed by atoms with van der Waals surface area (Å²) in [6, 6.07) is 0. The van der Waals surface area contributed by atoms with Crippen LogP contribution in [0.4, 0.5) is 5.95 Å². The van der Waals surface area contributed by atoms with Gasteiger partial charge in [0.05, 0.1) is 11.2 Å². The van der Waals surface area contributed by atoms with Crippen LogP contribution in [0.3, 0.4) is 0 Å². The Morgan fingerprint density at radius 2 is 2.40 bits per heavy atom. The fourth-order valence-corrected chi connectivity index (χ4v) is 1.26. The molecule has 5 heteroatoms. The van der Waals surface area contributed by atoms with Crippen molar-refractivity contribution >= 4 is 29.3 Å². The Labute approximate surface area is 68.0 Å². The molecule has 0 aromatic carbocycles. The van der Waals surface area contributed by atoms with E-state index < -0.39 is 0 Å². The number of nitrogens with zero attached hydrogens (tertiary/aromatic N) is 2. The van der Waals surface area contributed by atoms with Gasteiger partial charge in [0.15, 0.2) is 0 Å². The Bertz CT molecular complexity index is 240. The summed E-state index contributed by atoms with van der Waals surface area (Å²) in [5.74, 6) is 0.258. The Hall–Kier alpha value is -0.480. The minimum atomic E-state index is 0.258. The molecule has 0 saturated carbocycles. The molecule has 0 atom stereocenters. The van der Waals surface area contributed by atoms with E-state index >= 15 is 0 Å². The third-order valence-electron chi connectivity index (χ3n) is 0.924. The van der Waals surface area contributed by atoms with E-state index in [1.54, 1.807) is 0 Å². The Kier molecular flexibility index (Phi) is 2.34. The summed E-state index contributed by atoms with van der Waals surface area (Å²) in [5, 5.41) is 1.26. The molecule has 0 amide bonds. The highest BCUT2D eigenvalue weighted by molar-refractivity contribution is 7.98. The molecule has 1 aromatic heterocycles. The predicted molar refractivity (Wildman–Crippen MR) is 43.2 cm³/mol. The largest absolute Gasteiger partial charge is 0.368 e. The maximum Gasteiger partial charge on any atom is 0.221 e. The first-order valence-corrected chi connectivity index (χ1v) is 4.16. The molecule has 0 aliphatic carbocycles. The van der Waals surface area contributed by atoms with E-state index in [9.17, 15) is 0 Å². The minimum Gasteiger partial charge on any atom is -0.368 e. The molecule has 0 spiro atoms. The van der Waals surface area contributed by atoms with Crippen LogP contribution in [0.5, 0.6) is 0 Å². The average Bonchev–Trinajstić information content (AvgIpc) is 1.94. The van der Waals surface area contributed by atoms with Gasteiger partial charge in [-0.05, 0) is 6.26 Å². The van der Waals surface area contributed by atoms with Crippen LogP contribution in [0.1, 0.15) is 0 Å². The molecule has 0 bridgehead atoms. The van der Waals surface area contributed by atoms with Crippen LogP contribution in [0.2, 0.25) is 5.02 Å². The topological polar surface area (TPSA) is 51.8 Å². The predicted octanol–water partition coefficient (Wildman–Crippen LogP) is 1.43. The molecule has 3 nitrogen and oxygen atoms in total. The molecule has 0 fully saturated rings. The highest BCUT2D eigenvalue weighted by atomic mass is 35.5. The quantitative estimate of drug-likeness (QED) is 0.518. The zero-order valence-electron chi connectivity index (χ0n) is 5.34. The number of aromatic nitrogens is 2. The number of hydrogen-bond acceptors (Lipinski definition) is 4. The van der Waals surface area contributed by atoms with Crippen molar-refractivity contribution in [1.82, 2.24) is 9.97 Å². The molecule has 0 aliphatic heterocycles. The van der Waals surface area contributed by atoms with Crippen LogP contribution < -0.4 is 5.73 Å². The first kappa shape index (κ1) is 7.63. The fourth-order valence-electron chi connectivity index (χ4n) is 0.507. The van der Waals surface area contributed by atoms with Crippen LogP contribution in [0.15, 0.2) is 11.2 Å². The van der Waals surface area contributed by atoms with Gasteiger partial charge in [-0.15, -0.1) is 11.8 Å². The molecule has 0 unspecified atom stereocenters. The summed E-state index contributed by atoms with van der Waals surface area (Å²) < 4.78 is 0. The van der Waals surface area contributed by atoms with Crippen LogP contribution in [-0.4, -0.2) is 16.2 Å². The van der Waals surface area contributed by atoms with Crippen molar-refractivity contribution < 1.29 is 0 Å². The normalized spacial score (nSPS) is 9.80. The molecule has 54 valence electrons. The van der Waals surface area contributed by atoms with Crippen LogP contribution >= 0.6 is 23.4 Å². The second kappa shape index (κ2) is 3.07. The van der Waals surface area contributed by atoms with E-state index in [-0.39, 0.29) is 5.95 Å². The molecule has 2 N–H and O–H groups in total. The number of thioether (sulfide) groups is 1. The van der Waals surface area contributed by atoms with E-state index in [2.05, 4.69) is 9.97 Å². The van der Waals surface area contributed by atoms with Gasteiger partial charge >= 0.3 is 0 Å². The highest BCUT2D eigenvalue weighted by Crippen LogP contribution is 2.21. The maximum absolute atomic E-state index is 5.69. The maximum atomic E-state index is 5.69. The van der Waals surface area contributed by atoms with Gasteiger partial charge in [0, 0.05) is 0 Å². The second-order valence-corrected chi connectivity index (χ2v) is 2.79. The van der Waals surface area contributed by atoms with E-state index in [0.717, 1.165) is 0 Å². The summed E-state index contributed by atoms with van der Waals surface area (Å²) in [6.45, 7) is 0.